The molecule has 0 aromatic heterocycles. The van der Waals surface area contributed by atoms with Gasteiger partial charge in [-0.3, -0.25) is 0 Å². The van der Waals surface area contributed by atoms with E-state index < -0.39 is 0 Å². The molecule has 0 saturated carbocycles. The van der Waals surface area contributed by atoms with Crippen LogP contribution in [-0.2, 0) is 13.0 Å². The third kappa shape index (κ3) is 4.40. The van der Waals surface area contributed by atoms with Crippen molar-refractivity contribution in [3.05, 3.63) is 98.5 Å². The van der Waals surface area contributed by atoms with Gasteiger partial charge in [-0.15, -0.1) is 0 Å². The molecule has 3 heteroatoms. The van der Waals surface area contributed by atoms with Gasteiger partial charge in [0, 0.05) is 11.1 Å². The lowest BCUT2D eigenvalue weighted by Crippen LogP contribution is -1.97. The summed E-state index contributed by atoms with van der Waals surface area (Å²) in [6, 6.07) is 22.5. The van der Waals surface area contributed by atoms with Gasteiger partial charge in [0.25, 0.3) is 0 Å². The van der Waals surface area contributed by atoms with E-state index in [-0.39, 0.29) is 0 Å². The van der Waals surface area contributed by atoms with Gasteiger partial charge in [0.15, 0.2) is 0 Å². The molecule has 0 fully saturated rings. The Labute approximate surface area is 156 Å². The highest BCUT2D eigenvalue weighted by molar-refractivity contribution is 9.10. The molecule has 3 aromatic carbocycles. The van der Waals surface area contributed by atoms with Crippen molar-refractivity contribution in [3.8, 4) is 5.75 Å². The highest BCUT2D eigenvalue weighted by Crippen LogP contribution is 2.33. The molecule has 3 aromatic rings. The van der Waals surface area contributed by atoms with Crippen LogP contribution in [0.5, 0.6) is 5.75 Å². The molecule has 24 heavy (non-hydrogen) atoms. The standard InChI is InChI=1S/C21H18BrClO/c1-15-7-9-16(10-8-15)11-18-12-19(22)21(13-20(18)23)24-14-17-5-3-2-4-6-17/h2-10,12-13H,11,14H2,1H3. The molecule has 0 unspecified atom stereocenters. The third-order valence-corrected chi connectivity index (χ3v) is 4.82. The number of ether oxygens (including phenoxy) is 1. The zero-order valence-electron chi connectivity index (χ0n) is 13.4. The van der Waals surface area contributed by atoms with Gasteiger partial charge in [-0.1, -0.05) is 71.8 Å². The van der Waals surface area contributed by atoms with Gasteiger partial charge in [0.05, 0.1) is 4.47 Å². The van der Waals surface area contributed by atoms with Crippen LogP contribution in [-0.4, -0.2) is 0 Å². The largest absolute Gasteiger partial charge is 0.488 e. The molecule has 0 aliphatic carbocycles. The Bertz CT molecular complexity index is 813. The fourth-order valence-corrected chi connectivity index (χ4v) is 3.20. The molecular weight excluding hydrogens is 384 g/mol. The second-order valence-electron chi connectivity index (χ2n) is 5.81. The Balaban J connectivity index is 1.74. The first-order valence-corrected chi connectivity index (χ1v) is 8.99. The Kier molecular flexibility index (Phi) is 5.60. The van der Waals surface area contributed by atoms with Crippen molar-refractivity contribution in [2.24, 2.45) is 0 Å². The molecule has 0 amide bonds. The normalized spacial score (nSPS) is 10.6. The molecule has 1 nitrogen and oxygen atoms in total. The van der Waals surface area contributed by atoms with E-state index in [4.69, 9.17) is 16.3 Å². The van der Waals surface area contributed by atoms with E-state index in [0.717, 1.165) is 32.8 Å². The number of rotatable bonds is 5. The van der Waals surface area contributed by atoms with E-state index in [1.165, 1.54) is 11.1 Å². The Morgan fingerprint density at radius 1 is 0.917 bits per heavy atom. The average molecular weight is 402 g/mol. The number of hydrogen-bond donors (Lipinski definition) is 0. The summed E-state index contributed by atoms with van der Waals surface area (Å²) < 4.78 is 6.81. The third-order valence-electron chi connectivity index (χ3n) is 3.85. The van der Waals surface area contributed by atoms with Gasteiger partial charge in [-0.05, 0) is 52.0 Å². The van der Waals surface area contributed by atoms with Gasteiger partial charge < -0.3 is 4.74 Å². The zero-order chi connectivity index (χ0) is 16.9. The molecule has 0 heterocycles. The molecule has 0 spiro atoms. The first-order chi connectivity index (χ1) is 11.6. The SMILES string of the molecule is Cc1ccc(Cc2cc(Br)c(OCc3ccccc3)cc2Cl)cc1. The number of halogens is 2. The molecule has 3 rings (SSSR count). The summed E-state index contributed by atoms with van der Waals surface area (Å²) in [5.74, 6) is 0.761. The van der Waals surface area contributed by atoms with E-state index in [2.05, 4.69) is 47.1 Å². The van der Waals surface area contributed by atoms with Gasteiger partial charge in [-0.25, -0.2) is 0 Å². The Morgan fingerprint density at radius 2 is 1.62 bits per heavy atom. The molecular formula is C21H18BrClO. The van der Waals surface area contributed by atoms with E-state index in [1.807, 2.05) is 42.5 Å². The highest BCUT2D eigenvalue weighted by Gasteiger charge is 2.09. The highest BCUT2D eigenvalue weighted by atomic mass is 79.9. The first-order valence-electron chi connectivity index (χ1n) is 7.82. The smallest absolute Gasteiger partial charge is 0.135 e. The lowest BCUT2D eigenvalue weighted by Gasteiger charge is -2.12. The fraction of sp³-hybridized carbons (Fsp3) is 0.143. The van der Waals surface area contributed by atoms with Gasteiger partial charge in [0.1, 0.15) is 12.4 Å². The van der Waals surface area contributed by atoms with Crippen molar-refractivity contribution in [3.63, 3.8) is 0 Å². The van der Waals surface area contributed by atoms with Crippen LogP contribution in [0.1, 0.15) is 22.3 Å². The fourth-order valence-electron chi connectivity index (χ4n) is 2.48. The van der Waals surface area contributed by atoms with Crippen LogP contribution in [0.4, 0.5) is 0 Å². The van der Waals surface area contributed by atoms with Crippen LogP contribution in [0.15, 0.2) is 71.2 Å². The first kappa shape index (κ1) is 17.1. The van der Waals surface area contributed by atoms with E-state index >= 15 is 0 Å². The van der Waals surface area contributed by atoms with Gasteiger partial charge in [0.2, 0.25) is 0 Å². The molecule has 122 valence electrons. The molecule has 0 aliphatic heterocycles. The minimum absolute atomic E-state index is 0.521. The van der Waals surface area contributed by atoms with Crippen molar-refractivity contribution in [1.29, 1.82) is 0 Å². The van der Waals surface area contributed by atoms with Crippen molar-refractivity contribution in [1.82, 2.24) is 0 Å². The zero-order valence-corrected chi connectivity index (χ0v) is 15.8. The minimum Gasteiger partial charge on any atom is -0.488 e. The lowest BCUT2D eigenvalue weighted by molar-refractivity contribution is 0.304. The second kappa shape index (κ2) is 7.87. The van der Waals surface area contributed by atoms with E-state index in [1.54, 1.807) is 0 Å². The number of benzene rings is 3. The quantitative estimate of drug-likeness (QED) is 0.469. The summed E-state index contributed by atoms with van der Waals surface area (Å²) in [5, 5.41) is 0.724. The van der Waals surface area contributed by atoms with Gasteiger partial charge in [-0.2, -0.15) is 0 Å². The lowest BCUT2D eigenvalue weighted by atomic mass is 10.0. The summed E-state index contributed by atoms with van der Waals surface area (Å²) in [4.78, 5) is 0. The molecule has 0 N–H and O–H groups in total. The van der Waals surface area contributed by atoms with Crippen LogP contribution in [0.2, 0.25) is 5.02 Å². The topological polar surface area (TPSA) is 9.23 Å². The summed E-state index contributed by atoms with van der Waals surface area (Å²) in [6.45, 7) is 2.61. The Hall–Kier alpha value is -1.77. The molecule has 0 saturated heterocycles. The van der Waals surface area contributed by atoms with Crippen LogP contribution in [0.3, 0.4) is 0 Å². The van der Waals surface area contributed by atoms with Crippen molar-refractivity contribution < 1.29 is 4.74 Å². The summed E-state index contributed by atoms with van der Waals surface area (Å²) in [6.07, 6.45) is 0.802. The van der Waals surface area contributed by atoms with Crippen molar-refractivity contribution >= 4 is 27.5 Å². The maximum Gasteiger partial charge on any atom is 0.135 e. The summed E-state index contributed by atoms with van der Waals surface area (Å²) in [5.41, 5.74) is 4.71. The second-order valence-corrected chi connectivity index (χ2v) is 7.07. The van der Waals surface area contributed by atoms with Crippen LogP contribution in [0.25, 0.3) is 0 Å². The van der Waals surface area contributed by atoms with Crippen molar-refractivity contribution in [2.75, 3.05) is 0 Å². The van der Waals surface area contributed by atoms with Crippen LogP contribution in [0, 0.1) is 6.92 Å². The van der Waals surface area contributed by atoms with Crippen LogP contribution >= 0.6 is 27.5 Å². The van der Waals surface area contributed by atoms with Crippen LogP contribution < -0.4 is 4.74 Å². The predicted octanol–water partition coefficient (Wildman–Crippen LogP) is 6.58. The monoisotopic (exact) mass is 400 g/mol. The molecule has 0 atom stereocenters. The number of aryl methyl sites for hydroxylation is 1. The molecule has 0 aliphatic rings. The summed E-state index contributed by atoms with van der Waals surface area (Å²) in [7, 11) is 0. The minimum atomic E-state index is 0.521. The number of hydrogen-bond acceptors (Lipinski definition) is 1. The van der Waals surface area contributed by atoms with Crippen molar-refractivity contribution in [2.45, 2.75) is 20.0 Å². The maximum absolute atomic E-state index is 6.46. The van der Waals surface area contributed by atoms with E-state index in [0.29, 0.717) is 6.61 Å². The van der Waals surface area contributed by atoms with Gasteiger partial charge >= 0.3 is 0 Å². The predicted molar refractivity (Wildman–Crippen MR) is 104 cm³/mol. The summed E-state index contributed by atoms with van der Waals surface area (Å²) >= 11 is 10.1. The maximum atomic E-state index is 6.46. The average Bonchev–Trinajstić information content (AvgIpc) is 2.59. The molecule has 0 radical (unpaired) electrons. The Morgan fingerprint density at radius 3 is 2.33 bits per heavy atom. The van der Waals surface area contributed by atoms with E-state index in [9.17, 15) is 0 Å². The molecule has 0 bridgehead atoms.